The summed E-state index contributed by atoms with van der Waals surface area (Å²) in [6.45, 7) is 5.71. The minimum absolute atomic E-state index is 0.00175. The van der Waals surface area contributed by atoms with Crippen LogP contribution in [0.15, 0.2) is 24.4 Å². The fraction of sp³-hybridized carbons (Fsp3) is 0.556. The lowest BCUT2D eigenvalue weighted by molar-refractivity contribution is -0.133. The zero-order valence-electron chi connectivity index (χ0n) is 15.1. The van der Waals surface area contributed by atoms with Gasteiger partial charge in [-0.3, -0.25) is 14.4 Å². The third-order valence-electron chi connectivity index (χ3n) is 4.45. The number of hydrogen-bond donors (Lipinski definition) is 0. The summed E-state index contributed by atoms with van der Waals surface area (Å²) in [5, 5.41) is 4.49. The highest BCUT2D eigenvalue weighted by molar-refractivity contribution is 7.11. The van der Waals surface area contributed by atoms with Crippen molar-refractivity contribution in [2.45, 2.75) is 32.5 Å². The summed E-state index contributed by atoms with van der Waals surface area (Å²) in [7, 11) is 3.49. The second-order valence-electron chi connectivity index (χ2n) is 6.73. The fourth-order valence-corrected chi connectivity index (χ4v) is 4.03. The highest BCUT2D eigenvalue weighted by Crippen LogP contribution is 2.26. The Morgan fingerprint density at radius 2 is 2.24 bits per heavy atom. The standard InChI is InChI=1S/C18H26N4O2S/c1-14-4-5-17(25-14)12-21-10-15-6-8-19-22(15)16(11-21)7-9-24-13-18(23)20(2)3/h4-6,8,16H,7,9-13H2,1-3H3. The quantitative estimate of drug-likeness (QED) is 0.709. The predicted octanol–water partition coefficient (Wildman–Crippen LogP) is 2.30. The van der Waals surface area contributed by atoms with Gasteiger partial charge in [-0.1, -0.05) is 0 Å². The number of fused-ring (bicyclic) bond motifs is 1. The average Bonchev–Trinajstić information content (AvgIpc) is 3.20. The van der Waals surface area contributed by atoms with E-state index < -0.39 is 0 Å². The van der Waals surface area contributed by atoms with E-state index in [1.165, 1.54) is 15.4 Å². The first-order valence-corrected chi connectivity index (χ1v) is 9.42. The van der Waals surface area contributed by atoms with Crippen molar-refractivity contribution < 1.29 is 9.53 Å². The molecule has 7 heteroatoms. The SMILES string of the molecule is Cc1ccc(CN2Cc3ccnn3C(CCOCC(=O)N(C)C)C2)s1. The molecule has 0 fully saturated rings. The first kappa shape index (κ1) is 18.1. The van der Waals surface area contributed by atoms with Gasteiger partial charge in [-0.05, 0) is 31.5 Å². The van der Waals surface area contributed by atoms with E-state index in [-0.39, 0.29) is 18.6 Å². The van der Waals surface area contributed by atoms with Gasteiger partial charge in [0, 0.05) is 56.3 Å². The molecule has 136 valence electrons. The minimum Gasteiger partial charge on any atom is -0.372 e. The Morgan fingerprint density at radius 3 is 2.96 bits per heavy atom. The molecule has 3 rings (SSSR count). The van der Waals surface area contributed by atoms with E-state index in [1.54, 1.807) is 19.0 Å². The molecule has 0 aliphatic carbocycles. The number of ether oxygens (including phenoxy) is 1. The molecule has 0 aromatic carbocycles. The van der Waals surface area contributed by atoms with Crippen LogP contribution in [0.2, 0.25) is 0 Å². The predicted molar refractivity (Wildman–Crippen MR) is 98.6 cm³/mol. The van der Waals surface area contributed by atoms with Gasteiger partial charge in [0.15, 0.2) is 0 Å². The van der Waals surface area contributed by atoms with Crippen LogP contribution in [0.25, 0.3) is 0 Å². The molecule has 1 unspecified atom stereocenters. The van der Waals surface area contributed by atoms with Gasteiger partial charge in [0.05, 0.1) is 11.7 Å². The molecule has 2 aromatic heterocycles. The number of carbonyl (C=O) groups excluding carboxylic acids is 1. The van der Waals surface area contributed by atoms with Crippen LogP contribution in [0.5, 0.6) is 0 Å². The topological polar surface area (TPSA) is 50.6 Å². The summed E-state index contributed by atoms with van der Waals surface area (Å²) in [6, 6.07) is 6.78. The van der Waals surface area contributed by atoms with Gasteiger partial charge in [-0.15, -0.1) is 11.3 Å². The molecule has 1 aliphatic heterocycles. The Morgan fingerprint density at radius 1 is 1.40 bits per heavy atom. The summed E-state index contributed by atoms with van der Waals surface area (Å²) in [5.41, 5.74) is 1.24. The van der Waals surface area contributed by atoms with Crippen LogP contribution in [0.3, 0.4) is 0 Å². The number of amides is 1. The van der Waals surface area contributed by atoms with E-state index >= 15 is 0 Å². The van der Waals surface area contributed by atoms with Crippen LogP contribution in [-0.2, 0) is 22.6 Å². The largest absolute Gasteiger partial charge is 0.372 e. The van der Waals surface area contributed by atoms with Crippen LogP contribution in [-0.4, -0.2) is 59.3 Å². The third-order valence-corrected chi connectivity index (χ3v) is 5.43. The van der Waals surface area contributed by atoms with E-state index in [4.69, 9.17) is 4.74 Å². The van der Waals surface area contributed by atoms with Gasteiger partial charge in [-0.2, -0.15) is 5.10 Å². The highest BCUT2D eigenvalue weighted by atomic mass is 32.1. The average molecular weight is 362 g/mol. The van der Waals surface area contributed by atoms with Crippen molar-refractivity contribution in [1.29, 1.82) is 0 Å². The van der Waals surface area contributed by atoms with Crippen LogP contribution < -0.4 is 0 Å². The molecular weight excluding hydrogens is 336 g/mol. The van der Waals surface area contributed by atoms with Crippen LogP contribution in [0.4, 0.5) is 0 Å². The zero-order valence-corrected chi connectivity index (χ0v) is 16.0. The first-order chi connectivity index (χ1) is 12.0. The second kappa shape index (κ2) is 8.12. The van der Waals surface area contributed by atoms with Crippen LogP contribution in [0.1, 0.15) is 27.9 Å². The van der Waals surface area contributed by atoms with Crippen LogP contribution >= 0.6 is 11.3 Å². The number of nitrogens with zero attached hydrogens (tertiary/aromatic N) is 4. The molecule has 0 N–H and O–H groups in total. The highest BCUT2D eigenvalue weighted by Gasteiger charge is 2.25. The molecule has 0 bridgehead atoms. The molecule has 0 spiro atoms. The first-order valence-electron chi connectivity index (χ1n) is 8.61. The Balaban J connectivity index is 1.56. The number of thiophene rings is 1. The third kappa shape index (κ3) is 4.68. The van der Waals surface area contributed by atoms with Gasteiger partial charge in [0.1, 0.15) is 6.61 Å². The Bertz CT molecular complexity index is 710. The van der Waals surface area contributed by atoms with E-state index in [1.807, 2.05) is 17.5 Å². The van der Waals surface area contributed by atoms with Gasteiger partial charge < -0.3 is 9.64 Å². The molecule has 0 saturated heterocycles. The van der Waals surface area contributed by atoms with Gasteiger partial charge in [0.25, 0.3) is 0 Å². The molecule has 6 nitrogen and oxygen atoms in total. The lowest BCUT2D eigenvalue weighted by Crippen LogP contribution is -2.37. The smallest absolute Gasteiger partial charge is 0.248 e. The van der Waals surface area contributed by atoms with Crippen molar-refractivity contribution in [1.82, 2.24) is 19.6 Å². The number of carbonyl (C=O) groups is 1. The van der Waals surface area contributed by atoms with Crippen molar-refractivity contribution in [3.8, 4) is 0 Å². The molecule has 0 saturated carbocycles. The molecule has 0 radical (unpaired) electrons. The summed E-state index contributed by atoms with van der Waals surface area (Å²) in [6.07, 6.45) is 2.73. The molecule has 1 atom stereocenters. The Hall–Kier alpha value is -1.70. The number of likely N-dealkylation sites (N-methyl/N-ethyl adjacent to an activating group) is 1. The lowest BCUT2D eigenvalue weighted by Gasteiger charge is -2.33. The summed E-state index contributed by atoms with van der Waals surface area (Å²) < 4.78 is 7.68. The summed E-state index contributed by atoms with van der Waals surface area (Å²) in [4.78, 5) is 18.4. The van der Waals surface area contributed by atoms with E-state index in [9.17, 15) is 4.79 Å². The molecule has 3 heterocycles. The maximum Gasteiger partial charge on any atom is 0.248 e. The van der Waals surface area contributed by atoms with Gasteiger partial charge in [0.2, 0.25) is 5.91 Å². The Labute approximate surface area is 153 Å². The molecule has 25 heavy (non-hydrogen) atoms. The summed E-state index contributed by atoms with van der Waals surface area (Å²) >= 11 is 1.86. The monoisotopic (exact) mass is 362 g/mol. The summed E-state index contributed by atoms with van der Waals surface area (Å²) in [5.74, 6) is -0.00175. The minimum atomic E-state index is -0.00175. The maximum absolute atomic E-state index is 11.6. The van der Waals surface area contributed by atoms with Crippen LogP contribution in [0, 0.1) is 6.92 Å². The zero-order chi connectivity index (χ0) is 17.8. The van der Waals surface area contributed by atoms with Gasteiger partial charge in [-0.25, -0.2) is 0 Å². The van der Waals surface area contributed by atoms with E-state index in [0.717, 1.165) is 26.1 Å². The maximum atomic E-state index is 11.6. The van der Waals surface area contributed by atoms with Gasteiger partial charge >= 0.3 is 0 Å². The molecule has 2 aromatic rings. The van der Waals surface area contributed by atoms with Crippen molar-refractivity contribution in [3.63, 3.8) is 0 Å². The Kier molecular flexibility index (Phi) is 5.88. The van der Waals surface area contributed by atoms with E-state index in [0.29, 0.717) is 6.61 Å². The van der Waals surface area contributed by atoms with Crippen molar-refractivity contribution in [2.24, 2.45) is 0 Å². The number of hydrogen-bond acceptors (Lipinski definition) is 5. The molecule has 1 aliphatic rings. The number of aryl methyl sites for hydroxylation is 1. The van der Waals surface area contributed by atoms with E-state index in [2.05, 4.69) is 39.8 Å². The van der Waals surface area contributed by atoms with Crippen molar-refractivity contribution in [2.75, 3.05) is 33.9 Å². The van der Waals surface area contributed by atoms with Crippen molar-refractivity contribution in [3.05, 3.63) is 39.8 Å². The van der Waals surface area contributed by atoms with Crippen molar-refractivity contribution >= 4 is 17.2 Å². The normalized spacial score (nSPS) is 17.5. The number of rotatable bonds is 7. The second-order valence-corrected chi connectivity index (χ2v) is 8.10. The lowest BCUT2D eigenvalue weighted by atomic mass is 10.1. The molecule has 1 amide bonds. The number of aromatic nitrogens is 2. The fourth-order valence-electron chi connectivity index (χ4n) is 3.10. The molecular formula is C18H26N4O2S.